The first kappa shape index (κ1) is 14.1. The van der Waals surface area contributed by atoms with Crippen molar-refractivity contribution in [3.63, 3.8) is 0 Å². The van der Waals surface area contributed by atoms with Crippen molar-refractivity contribution in [3.8, 4) is 5.75 Å². The number of benzene rings is 1. The summed E-state index contributed by atoms with van der Waals surface area (Å²) in [6.07, 6.45) is 5.17. The van der Waals surface area contributed by atoms with Crippen LogP contribution in [-0.2, 0) is 4.74 Å². The van der Waals surface area contributed by atoms with Gasteiger partial charge >= 0.3 is 0 Å². The fraction of sp³-hybridized carbons (Fsp3) is 0.562. The van der Waals surface area contributed by atoms with Gasteiger partial charge < -0.3 is 9.47 Å². The van der Waals surface area contributed by atoms with Crippen LogP contribution in [0.5, 0.6) is 5.75 Å². The second-order valence-corrected chi connectivity index (χ2v) is 5.13. The third-order valence-electron chi connectivity index (χ3n) is 3.68. The highest BCUT2D eigenvalue weighted by Gasteiger charge is 2.16. The Kier molecular flexibility index (Phi) is 4.97. The van der Waals surface area contributed by atoms with Crippen molar-refractivity contribution < 1.29 is 14.3 Å². The minimum Gasteiger partial charge on any atom is -0.496 e. The minimum atomic E-state index is 0.191. The van der Waals surface area contributed by atoms with Gasteiger partial charge in [-0.05, 0) is 44.2 Å². The fourth-order valence-electron chi connectivity index (χ4n) is 2.50. The predicted molar refractivity (Wildman–Crippen MR) is 74.9 cm³/mol. The number of hydrogen-bond donors (Lipinski definition) is 0. The highest BCUT2D eigenvalue weighted by atomic mass is 16.5. The van der Waals surface area contributed by atoms with Gasteiger partial charge in [0, 0.05) is 18.6 Å². The molecule has 1 heterocycles. The lowest BCUT2D eigenvalue weighted by Crippen LogP contribution is -2.06. The first-order valence-electron chi connectivity index (χ1n) is 7.00. The zero-order valence-corrected chi connectivity index (χ0v) is 11.8. The molecular formula is C16H22O3. The molecule has 2 rings (SSSR count). The van der Waals surface area contributed by atoms with E-state index in [4.69, 9.17) is 9.47 Å². The largest absolute Gasteiger partial charge is 0.496 e. The number of hydrogen-bond acceptors (Lipinski definition) is 3. The Morgan fingerprint density at radius 3 is 3.00 bits per heavy atom. The quantitative estimate of drug-likeness (QED) is 0.736. The van der Waals surface area contributed by atoms with Gasteiger partial charge in [-0.1, -0.05) is 12.1 Å². The summed E-state index contributed by atoms with van der Waals surface area (Å²) in [4.78, 5) is 12.1. The summed E-state index contributed by atoms with van der Waals surface area (Å²) in [7, 11) is 1.63. The molecule has 1 aliphatic rings. The van der Waals surface area contributed by atoms with Crippen molar-refractivity contribution >= 4 is 5.78 Å². The highest BCUT2D eigenvalue weighted by Crippen LogP contribution is 2.22. The van der Waals surface area contributed by atoms with Crippen LogP contribution in [0.25, 0.3) is 0 Å². The SMILES string of the molecule is COc1cc(C(=O)CCCC2CCCO2)ccc1C. The first-order valence-corrected chi connectivity index (χ1v) is 7.00. The van der Waals surface area contributed by atoms with Crippen LogP contribution in [0, 0.1) is 6.92 Å². The van der Waals surface area contributed by atoms with Crippen molar-refractivity contribution in [1.82, 2.24) is 0 Å². The summed E-state index contributed by atoms with van der Waals surface area (Å²) < 4.78 is 10.8. The van der Waals surface area contributed by atoms with E-state index < -0.39 is 0 Å². The van der Waals surface area contributed by atoms with E-state index in [1.807, 2.05) is 25.1 Å². The van der Waals surface area contributed by atoms with Gasteiger partial charge in [0.2, 0.25) is 0 Å². The summed E-state index contributed by atoms with van der Waals surface area (Å²) in [5, 5.41) is 0. The smallest absolute Gasteiger partial charge is 0.163 e. The van der Waals surface area contributed by atoms with Gasteiger partial charge in [0.05, 0.1) is 13.2 Å². The van der Waals surface area contributed by atoms with Crippen molar-refractivity contribution in [2.24, 2.45) is 0 Å². The van der Waals surface area contributed by atoms with Gasteiger partial charge in [-0.25, -0.2) is 0 Å². The van der Waals surface area contributed by atoms with Crippen LogP contribution >= 0.6 is 0 Å². The molecule has 0 spiro atoms. The lowest BCUT2D eigenvalue weighted by atomic mass is 10.0. The number of aryl methyl sites for hydroxylation is 1. The van der Waals surface area contributed by atoms with Gasteiger partial charge in [-0.2, -0.15) is 0 Å². The Bertz CT molecular complexity index is 434. The zero-order valence-electron chi connectivity index (χ0n) is 11.8. The standard InChI is InChI=1S/C16H22O3/c1-12-8-9-13(11-16(12)18-2)15(17)7-3-5-14-6-4-10-19-14/h8-9,11,14H,3-7,10H2,1-2H3. The Hall–Kier alpha value is -1.35. The summed E-state index contributed by atoms with van der Waals surface area (Å²) in [5.41, 5.74) is 1.80. The third-order valence-corrected chi connectivity index (χ3v) is 3.68. The summed E-state index contributed by atoms with van der Waals surface area (Å²) >= 11 is 0. The van der Waals surface area contributed by atoms with Crippen molar-refractivity contribution in [1.29, 1.82) is 0 Å². The Balaban J connectivity index is 1.85. The maximum atomic E-state index is 12.1. The highest BCUT2D eigenvalue weighted by molar-refractivity contribution is 5.96. The zero-order chi connectivity index (χ0) is 13.7. The average Bonchev–Trinajstić information content (AvgIpc) is 2.92. The monoisotopic (exact) mass is 262 g/mol. The third kappa shape index (κ3) is 3.80. The van der Waals surface area contributed by atoms with E-state index in [0.29, 0.717) is 12.5 Å². The molecule has 0 amide bonds. The van der Waals surface area contributed by atoms with E-state index in [9.17, 15) is 4.79 Å². The van der Waals surface area contributed by atoms with Gasteiger partial charge in [0.1, 0.15) is 5.75 Å². The molecule has 0 aromatic heterocycles. The first-order chi connectivity index (χ1) is 9.20. The number of rotatable bonds is 6. The molecule has 0 radical (unpaired) electrons. The lowest BCUT2D eigenvalue weighted by Gasteiger charge is -2.09. The molecule has 1 aliphatic heterocycles. The molecule has 0 saturated carbocycles. The van der Waals surface area contributed by atoms with Crippen LogP contribution in [0.1, 0.15) is 48.0 Å². The predicted octanol–water partition coefficient (Wildman–Crippen LogP) is 3.54. The van der Waals surface area contributed by atoms with Crippen LogP contribution in [0.3, 0.4) is 0 Å². The van der Waals surface area contributed by atoms with Gasteiger partial charge in [-0.15, -0.1) is 0 Å². The molecule has 0 bridgehead atoms. The van der Waals surface area contributed by atoms with E-state index in [-0.39, 0.29) is 5.78 Å². The average molecular weight is 262 g/mol. The molecule has 1 aromatic rings. The fourth-order valence-corrected chi connectivity index (χ4v) is 2.50. The Labute approximate surface area is 114 Å². The van der Waals surface area contributed by atoms with Crippen molar-refractivity contribution in [3.05, 3.63) is 29.3 Å². The lowest BCUT2D eigenvalue weighted by molar-refractivity contribution is 0.0922. The Morgan fingerprint density at radius 2 is 2.32 bits per heavy atom. The van der Waals surface area contributed by atoms with E-state index >= 15 is 0 Å². The molecule has 1 atom stereocenters. The number of methoxy groups -OCH3 is 1. The number of Topliss-reactive ketones (excluding diaryl/α,β-unsaturated/α-hetero) is 1. The van der Waals surface area contributed by atoms with E-state index in [2.05, 4.69) is 0 Å². The summed E-state index contributed by atoms with van der Waals surface area (Å²) in [5.74, 6) is 0.973. The van der Waals surface area contributed by atoms with Crippen LogP contribution in [0.4, 0.5) is 0 Å². The molecular weight excluding hydrogens is 240 g/mol. The Morgan fingerprint density at radius 1 is 1.47 bits per heavy atom. The number of ketones is 1. The van der Waals surface area contributed by atoms with Crippen molar-refractivity contribution in [2.45, 2.75) is 45.1 Å². The molecule has 0 aliphatic carbocycles. The normalized spacial score (nSPS) is 18.5. The molecule has 3 nitrogen and oxygen atoms in total. The molecule has 1 fully saturated rings. The maximum absolute atomic E-state index is 12.1. The van der Waals surface area contributed by atoms with Gasteiger partial charge in [0.25, 0.3) is 0 Å². The molecule has 19 heavy (non-hydrogen) atoms. The van der Waals surface area contributed by atoms with Gasteiger partial charge in [-0.3, -0.25) is 4.79 Å². The minimum absolute atomic E-state index is 0.191. The topological polar surface area (TPSA) is 35.5 Å². The van der Waals surface area contributed by atoms with E-state index in [0.717, 1.165) is 49.2 Å². The van der Waals surface area contributed by atoms with Gasteiger partial charge in [0.15, 0.2) is 5.78 Å². The van der Waals surface area contributed by atoms with E-state index in [1.165, 1.54) is 0 Å². The maximum Gasteiger partial charge on any atom is 0.163 e. The number of ether oxygens (including phenoxy) is 2. The van der Waals surface area contributed by atoms with Crippen LogP contribution in [0.2, 0.25) is 0 Å². The van der Waals surface area contributed by atoms with Crippen LogP contribution < -0.4 is 4.74 Å². The summed E-state index contributed by atoms with van der Waals surface area (Å²) in [6.45, 7) is 2.86. The number of carbonyl (C=O) groups excluding carboxylic acids is 1. The number of carbonyl (C=O) groups is 1. The molecule has 0 N–H and O–H groups in total. The van der Waals surface area contributed by atoms with Crippen LogP contribution in [-0.4, -0.2) is 25.6 Å². The molecule has 104 valence electrons. The molecule has 1 aromatic carbocycles. The molecule has 1 unspecified atom stereocenters. The second-order valence-electron chi connectivity index (χ2n) is 5.13. The van der Waals surface area contributed by atoms with Crippen molar-refractivity contribution in [2.75, 3.05) is 13.7 Å². The summed E-state index contributed by atoms with van der Waals surface area (Å²) in [6, 6.07) is 5.65. The molecule has 3 heteroatoms. The second kappa shape index (κ2) is 6.71. The van der Waals surface area contributed by atoms with Crippen LogP contribution in [0.15, 0.2) is 18.2 Å². The molecule has 1 saturated heterocycles. The van der Waals surface area contributed by atoms with E-state index in [1.54, 1.807) is 7.11 Å².